The maximum absolute atomic E-state index is 12.9. The van der Waals surface area contributed by atoms with Crippen LogP contribution < -0.4 is 25.0 Å². The normalized spacial score (nSPS) is 13.2. The third-order valence-corrected chi connectivity index (χ3v) is 7.45. The standard InChI is InChI=1S/C33H35N7O5/c1-5-34-32(41)28-19-36-31-27(39(2)20-21-9-12-23(42-3)13-10-21)17-29(38-40(28)31)37-26-8-6-7-24(30(26)43-4)25-14-11-22(18-35-25)33-44-15-16-45-33/h6-14,17-19,33H,5,15-16,20H2,1-4H3,(H,34,41)(H,37,38). The van der Waals surface area contributed by atoms with Crippen molar-refractivity contribution in [1.29, 1.82) is 0 Å². The zero-order valence-corrected chi connectivity index (χ0v) is 25.6. The number of nitrogens with zero attached hydrogens (tertiary/aromatic N) is 5. The van der Waals surface area contributed by atoms with Gasteiger partial charge in [-0.1, -0.05) is 24.3 Å². The van der Waals surface area contributed by atoms with E-state index < -0.39 is 6.29 Å². The molecule has 2 N–H and O–H groups in total. The molecule has 1 fully saturated rings. The summed E-state index contributed by atoms with van der Waals surface area (Å²) in [4.78, 5) is 24.2. The number of methoxy groups -OCH3 is 2. The van der Waals surface area contributed by atoms with Gasteiger partial charge in [-0.05, 0) is 42.8 Å². The van der Waals surface area contributed by atoms with Crippen LogP contribution in [0.25, 0.3) is 16.9 Å². The summed E-state index contributed by atoms with van der Waals surface area (Å²) in [5.41, 5.74) is 5.81. The molecule has 2 aromatic carbocycles. The van der Waals surface area contributed by atoms with Crippen LogP contribution in [0.3, 0.4) is 0 Å². The number of amides is 1. The second kappa shape index (κ2) is 13.2. The highest BCUT2D eigenvalue weighted by Crippen LogP contribution is 2.38. The fourth-order valence-corrected chi connectivity index (χ4v) is 5.24. The van der Waals surface area contributed by atoms with Crippen LogP contribution >= 0.6 is 0 Å². The Balaban J connectivity index is 1.36. The Labute approximate surface area is 260 Å². The zero-order valence-electron chi connectivity index (χ0n) is 25.6. The summed E-state index contributed by atoms with van der Waals surface area (Å²) < 4.78 is 24.0. The van der Waals surface area contributed by atoms with E-state index in [1.54, 1.807) is 31.1 Å². The maximum Gasteiger partial charge on any atom is 0.271 e. The first-order valence-corrected chi connectivity index (χ1v) is 14.6. The van der Waals surface area contributed by atoms with E-state index in [1.807, 2.05) is 74.6 Å². The molecule has 1 saturated heterocycles. The molecular weight excluding hydrogens is 574 g/mol. The number of pyridine rings is 1. The Morgan fingerprint density at radius 3 is 2.51 bits per heavy atom. The largest absolute Gasteiger partial charge is 0.497 e. The summed E-state index contributed by atoms with van der Waals surface area (Å²) in [7, 11) is 5.24. The van der Waals surface area contributed by atoms with Gasteiger partial charge in [-0.3, -0.25) is 9.78 Å². The van der Waals surface area contributed by atoms with Crippen molar-refractivity contribution in [3.8, 4) is 22.8 Å². The van der Waals surface area contributed by atoms with Crippen molar-refractivity contribution in [1.82, 2.24) is 24.9 Å². The van der Waals surface area contributed by atoms with E-state index in [0.29, 0.717) is 54.9 Å². The van der Waals surface area contributed by atoms with Crippen LogP contribution in [0, 0.1) is 0 Å². The fraction of sp³-hybridized carbons (Fsp3) is 0.273. The van der Waals surface area contributed by atoms with E-state index in [-0.39, 0.29) is 5.91 Å². The third kappa shape index (κ3) is 6.24. The highest BCUT2D eigenvalue weighted by molar-refractivity contribution is 5.94. The fourth-order valence-electron chi connectivity index (χ4n) is 5.24. The van der Waals surface area contributed by atoms with Crippen LogP contribution in [0.4, 0.5) is 17.2 Å². The number of ether oxygens (including phenoxy) is 4. The average molecular weight is 610 g/mol. The van der Waals surface area contributed by atoms with Crippen molar-refractivity contribution >= 4 is 28.7 Å². The molecule has 1 aliphatic heterocycles. The molecule has 12 heteroatoms. The Hall–Kier alpha value is -5.20. The van der Waals surface area contributed by atoms with Crippen molar-refractivity contribution in [2.75, 3.05) is 51.2 Å². The molecule has 0 aliphatic carbocycles. The highest BCUT2D eigenvalue weighted by Gasteiger charge is 2.21. The first-order valence-electron chi connectivity index (χ1n) is 14.6. The number of nitrogens with one attached hydrogen (secondary N) is 2. The molecule has 0 bridgehead atoms. The number of carbonyl (C=O) groups excluding carboxylic acids is 1. The number of anilines is 3. The highest BCUT2D eigenvalue weighted by atomic mass is 16.7. The maximum atomic E-state index is 12.9. The average Bonchev–Trinajstić information content (AvgIpc) is 3.76. The Morgan fingerprint density at radius 1 is 1.02 bits per heavy atom. The third-order valence-electron chi connectivity index (χ3n) is 7.45. The Morgan fingerprint density at radius 2 is 1.82 bits per heavy atom. The molecule has 3 aromatic heterocycles. The molecule has 6 rings (SSSR count). The molecular formula is C33H35N7O5. The van der Waals surface area contributed by atoms with Gasteiger partial charge in [0, 0.05) is 43.5 Å². The number of hydrogen-bond donors (Lipinski definition) is 2. The van der Waals surface area contributed by atoms with Crippen LogP contribution in [-0.4, -0.2) is 66.5 Å². The minimum absolute atomic E-state index is 0.263. The predicted molar refractivity (Wildman–Crippen MR) is 170 cm³/mol. The molecule has 45 heavy (non-hydrogen) atoms. The minimum Gasteiger partial charge on any atom is -0.497 e. The van der Waals surface area contributed by atoms with Gasteiger partial charge in [-0.25, -0.2) is 9.50 Å². The molecule has 4 heterocycles. The van der Waals surface area contributed by atoms with Gasteiger partial charge in [-0.15, -0.1) is 5.10 Å². The molecule has 5 aromatic rings. The number of hydrogen-bond acceptors (Lipinski definition) is 10. The van der Waals surface area contributed by atoms with E-state index in [1.165, 1.54) is 0 Å². The molecule has 1 aliphatic rings. The number of benzene rings is 2. The van der Waals surface area contributed by atoms with Crippen molar-refractivity contribution in [2.24, 2.45) is 0 Å². The topological polar surface area (TPSA) is 124 Å². The SMILES string of the molecule is CCNC(=O)c1cnc2c(N(C)Cc3ccc(OC)cc3)cc(Nc3cccc(-c4ccc(C5OCCO5)cn4)c3OC)nn12. The van der Waals surface area contributed by atoms with Crippen LogP contribution in [-0.2, 0) is 16.0 Å². The molecule has 0 atom stereocenters. The summed E-state index contributed by atoms with van der Waals surface area (Å²) in [6.45, 7) is 4.07. The van der Waals surface area contributed by atoms with Crippen LogP contribution in [0.15, 0.2) is 73.1 Å². The molecule has 12 nitrogen and oxygen atoms in total. The lowest BCUT2D eigenvalue weighted by Crippen LogP contribution is -2.25. The minimum atomic E-state index is -0.396. The van der Waals surface area contributed by atoms with Crippen molar-refractivity contribution in [3.63, 3.8) is 0 Å². The smallest absolute Gasteiger partial charge is 0.271 e. The second-order valence-corrected chi connectivity index (χ2v) is 10.4. The van der Waals surface area contributed by atoms with Crippen molar-refractivity contribution in [3.05, 3.63) is 89.9 Å². The molecule has 0 radical (unpaired) electrons. The van der Waals surface area contributed by atoms with Crippen molar-refractivity contribution < 1.29 is 23.7 Å². The lowest BCUT2D eigenvalue weighted by molar-refractivity contribution is -0.0443. The van der Waals surface area contributed by atoms with Gasteiger partial charge >= 0.3 is 0 Å². The summed E-state index contributed by atoms with van der Waals surface area (Å²) in [6, 6.07) is 19.4. The summed E-state index contributed by atoms with van der Waals surface area (Å²) in [5.74, 6) is 1.62. The van der Waals surface area contributed by atoms with Crippen LogP contribution in [0.2, 0.25) is 0 Å². The van der Waals surface area contributed by atoms with Crippen molar-refractivity contribution in [2.45, 2.75) is 19.8 Å². The van der Waals surface area contributed by atoms with Gasteiger partial charge in [0.1, 0.15) is 5.75 Å². The van der Waals surface area contributed by atoms with Gasteiger partial charge in [-0.2, -0.15) is 0 Å². The number of carbonyl (C=O) groups is 1. The molecule has 1 amide bonds. The number of aromatic nitrogens is 4. The number of imidazole rings is 1. The molecule has 0 spiro atoms. The zero-order chi connectivity index (χ0) is 31.3. The number of fused-ring (bicyclic) bond motifs is 1. The Kier molecular flexibility index (Phi) is 8.76. The monoisotopic (exact) mass is 609 g/mol. The summed E-state index contributed by atoms with van der Waals surface area (Å²) in [6.07, 6.45) is 2.90. The van der Waals surface area contributed by atoms with Crippen LogP contribution in [0.1, 0.15) is 34.8 Å². The van der Waals surface area contributed by atoms with E-state index in [0.717, 1.165) is 33.8 Å². The molecule has 0 unspecified atom stereocenters. The predicted octanol–water partition coefficient (Wildman–Crippen LogP) is 4.98. The number of para-hydroxylation sites is 1. The number of rotatable bonds is 11. The van der Waals surface area contributed by atoms with E-state index >= 15 is 0 Å². The first-order chi connectivity index (χ1) is 22.0. The van der Waals surface area contributed by atoms with E-state index in [4.69, 9.17) is 24.0 Å². The molecule has 232 valence electrons. The second-order valence-electron chi connectivity index (χ2n) is 10.4. The summed E-state index contributed by atoms with van der Waals surface area (Å²) in [5, 5.41) is 11.0. The lowest BCUT2D eigenvalue weighted by Gasteiger charge is -2.22. The summed E-state index contributed by atoms with van der Waals surface area (Å²) >= 11 is 0. The van der Waals surface area contributed by atoms with E-state index in [9.17, 15) is 4.79 Å². The first kappa shape index (κ1) is 29.9. The van der Waals surface area contributed by atoms with Crippen LogP contribution in [0.5, 0.6) is 11.5 Å². The van der Waals surface area contributed by atoms with Gasteiger partial charge < -0.3 is 34.5 Å². The molecule has 0 saturated carbocycles. The quantitative estimate of drug-likeness (QED) is 0.212. The Bertz CT molecular complexity index is 1780. The van der Waals surface area contributed by atoms with Gasteiger partial charge in [0.05, 0.1) is 50.7 Å². The van der Waals surface area contributed by atoms with E-state index in [2.05, 4.69) is 25.5 Å². The van der Waals surface area contributed by atoms with Gasteiger partial charge in [0.15, 0.2) is 29.2 Å². The van der Waals surface area contributed by atoms with Gasteiger partial charge in [0.25, 0.3) is 5.91 Å². The van der Waals surface area contributed by atoms with Gasteiger partial charge in [0.2, 0.25) is 0 Å². The lowest BCUT2D eigenvalue weighted by atomic mass is 10.1.